The first-order chi connectivity index (χ1) is 13.9. The Balaban J connectivity index is 1.69. The third-order valence-corrected chi connectivity index (χ3v) is 4.57. The highest BCUT2D eigenvalue weighted by Gasteiger charge is 2.15. The number of aryl methyl sites for hydroxylation is 1. The molecular weight excluding hydrogens is 375 g/mol. The van der Waals surface area contributed by atoms with Crippen LogP contribution in [-0.2, 0) is 4.79 Å². The van der Waals surface area contributed by atoms with Gasteiger partial charge in [0, 0.05) is 31.6 Å². The zero-order valence-electron chi connectivity index (χ0n) is 17.3. The third kappa shape index (κ3) is 4.72. The quantitative estimate of drug-likeness (QED) is 0.534. The highest BCUT2D eigenvalue weighted by atomic mass is 19.1. The molecule has 0 fully saturated rings. The van der Waals surface area contributed by atoms with Crippen LogP contribution in [0.15, 0.2) is 12.1 Å². The van der Waals surface area contributed by atoms with Crippen LogP contribution in [0.3, 0.4) is 0 Å². The number of nitrogens with zero attached hydrogens (tertiary/aromatic N) is 4. The van der Waals surface area contributed by atoms with Crippen LogP contribution >= 0.6 is 0 Å². The molecule has 2 aromatic heterocycles. The summed E-state index contributed by atoms with van der Waals surface area (Å²) >= 11 is 0. The van der Waals surface area contributed by atoms with Gasteiger partial charge in [-0.25, -0.2) is 9.37 Å². The van der Waals surface area contributed by atoms with Gasteiger partial charge in [0.1, 0.15) is 5.82 Å². The monoisotopic (exact) mass is 402 g/mol. The minimum atomic E-state index is -0.462. The van der Waals surface area contributed by atoms with Crippen molar-refractivity contribution >= 4 is 28.4 Å². The Labute approximate surface area is 168 Å². The van der Waals surface area contributed by atoms with Gasteiger partial charge in [-0.3, -0.25) is 9.20 Å². The van der Waals surface area contributed by atoms with Crippen molar-refractivity contribution in [1.29, 1.82) is 0 Å². The predicted molar refractivity (Wildman–Crippen MR) is 110 cm³/mol. The van der Waals surface area contributed by atoms with E-state index in [9.17, 15) is 9.18 Å². The van der Waals surface area contributed by atoms with Crippen molar-refractivity contribution in [1.82, 2.24) is 24.9 Å². The summed E-state index contributed by atoms with van der Waals surface area (Å²) in [6.45, 7) is 7.17. The number of rotatable bonds is 9. The van der Waals surface area contributed by atoms with E-state index in [1.165, 1.54) is 13.2 Å². The molecule has 0 atom stereocenters. The molecule has 156 valence electrons. The van der Waals surface area contributed by atoms with Crippen LogP contribution in [0.25, 0.3) is 16.7 Å². The first-order valence-electron chi connectivity index (χ1n) is 9.80. The van der Waals surface area contributed by atoms with E-state index in [2.05, 4.69) is 25.8 Å². The van der Waals surface area contributed by atoms with E-state index in [0.29, 0.717) is 53.8 Å². The summed E-state index contributed by atoms with van der Waals surface area (Å²) in [5.41, 5.74) is 1.71. The number of ether oxygens (including phenoxy) is 1. The number of amides is 1. The van der Waals surface area contributed by atoms with E-state index in [0.717, 1.165) is 12.8 Å². The van der Waals surface area contributed by atoms with Crippen molar-refractivity contribution < 1.29 is 13.9 Å². The molecule has 29 heavy (non-hydrogen) atoms. The SMILES string of the molecule is COc1cc2nc(NCCCCNC(=O)CC(C)C)c3nnc(C)n3c2cc1F. The zero-order valence-corrected chi connectivity index (χ0v) is 17.3. The first-order valence-corrected chi connectivity index (χ1v) is 9.80. The van der Waals surface area contributed by atoms with E-state index in [-0.39, 0.29) is 11.7 Å². The van der Waals surface area contributed by atoms with E-state index in [4.69, 9.17) is 4.74 Å². The first kappa shape index (κ1) is 20.8. The predicted octanol–water partition coefficient (Wildman–Crippen LogP) is 3.09. The lowest BCUT2D eigenvalue weighted by molar-refractivity contribution is -0.121. The largest absolute Gasteiger partial charge is 0.494 e. The number of carbonyl (C=O) groups excluding carboxylic acids is 1. The highest BCUT2D eigenvalue weighted by Crippen LogP contribution is 2.27. The number of nitrogens with one attached hydrogen (secondary N) is 2. The topological polar surface area (TPSA) is 93.4 Å². The Bertz CT molecular complexity index is 1020. The normalized spacial score (nSPS) is 11.4. The lowest BCUT2D eigenvalue weighted by atomic mass is 10.1. The minimum absolute atomic E-state index is 0.0889. The second-order valence-electron chi connectivity index (χ2n) is 7.42. The third-order valence-electron chi connectivity index (χ3n) is 4.57. The molecule has 3 rings (SSSR count). The summed E-state index contributed by atoms with van der Waals surface area (Å²) in [6, 6.07) is 2.95. The number of fused-ring (bicyclic) bond motifs is 3. The van der Waals surface area contributed by atoms with Crippen LogP contribution in [0.1, 0.15) is 38.9 Å². The molecule has 0 spiro atoms. The molecule has 1 aromatic carbocycles. The van der Waals surface area contributed by atoms with Crippen molar-refractivity contribution in [2.45, 2.75) is 40.0 Å². The standard InChI is InChI=1S/C20H27FN6O2/c1-12(2)9-18(28)22-7-5-6-8-23-19-20-26-25-13(3)27(20)16-10-14(21)17(29-4)11-15(16)24-19/h10-12H,5-9H2,1-4H3,(H,22,28)(H,23,24). The van der Waals surface area contributed by atoms with Gasteiger partial charge < -0.3 is 15.4 Å². The van der Waals surface area contributed by atoms with E-state index >= 15 is 0 Å². The Morgan fingerprint density at radius 3 is 2.72 bits per heavy atom. The number of methoxy groups -OCH3 is 1. The van der Waals surface area contributed by atoms with Gasteiger partial charge >= 0.3 is 0 Å². The molecule has 0 aliphatic carbocycles. The van der Waals surface area contributed by atoms with Gasteiger partial charge in [0.05, 0.1) is 18.1 Å². The summed E-state index contributed by atoms with van der Waals surface area (Å²) in [4.78, 5) is 16.3. The number of anilines is 1. The Hall–Kier alpha value is -2.97. The molecule has 0 bridgehead atoms. The highest BCUT2D eigenvalue weighted by molar-refractivity contribution is 5.84. The maximum absolute atomic E-state index is 14.2. The fourth-order valence-electron chi connectivity index (χ4n) is 3.18. The number of hydrogen-bond donors (Lipinski definition) is 2. The summed E-state index contributed by atoms with van der Waals surface area (Å²) in [6.07, 6.45) is 2.26. The Morgan fingerprint density at radius 1 is 1.24 bits per heavy atom. The maximum Gasteiger partial charge on any atom is 0.220 e. The molecule has 0 radical (unpaired) electrons. The molecule has 1 amide bonds. The Morgan fingerprint density at radius 2 is 2.00 bits per heavy atom. The number of benzene rings is 1. The van der Waals surface area contributed by atoms with Crippen LogP contribution < -0.4 is 15.4 Å². The van der Waals surface area contributed by atoms with Gasteiger partial charge in [0.25, 0.3) is 0 Å². The molecule has 2 heterocycles. The molecule has 3 aromatic rings. The van der Waals surface area contributed by atoms with Gasteiger partial charge in [-0.2, -0.15) is 0 Å². The Kier molecular flexibility index (Phi) is 6.46. The lowest BCUT2D eigenvalue weighted by Gasteiger charge is -2.11. The van der Waals surface area contributed by atoms with Gasteiger partial charge in [-0.05, 0) is 25.7 Å². The van der Waals surface area contributed by atoms with Crippen molar-refractivity contribution in [3.8, 4) is 5.75 Å². The van der Waals surface area contributed by atoms with E-state index < -0.39 is 5.82 Å². The van der Waals surface area contributed by atoms with E-state index in [1.54, 1.807) is 10.5 Å². The molecular formula is C20H27FN6O2. The summed E-state index contributed by atoms with van der Waals surface area (Å²) < 4.78 is 21.0. The molecule has 0 saturated carbocycles. The summed E-state index contributed by atoms with van der Waals surface area (Å²) in [7, 11) is 1.42. The maximum atomic E-state index is 14.2. The fourth-order valence-corrected chi connectivity index (χ4v) is 3.18. The minimum Gasteiger partial charge on any atom is -0.494 e. The zero-order chi connectivity index (χ0) is 21.0. The van der Waals surface area contributed by atoms with Crippen molar-refractivity contribution in [3.05, 3.63) is 23.8 Å². The van der Waals surface area contributed by atoms with Gasteiger partial charge in [-0.1, -0.05) is 13.8 Å². The molecule has 0 saturated heterocycles. The second-order valence-corrected chi connectivity index (χ2v) is 7.42. The molecule has 0 aliphatic rings. The number of carbonyl (C=O) groups is 1. The van der Waals surface area contributed by atoms with Crippen molar-refractivity contribution in [2.75, 3.05) is 25.5 Å². The second kappa shape index (κ2) is 9.02. The average molecular weight is 402 g/mol. The van der Waals surface area contributed by atoms with Gasteiger partial charge in [0.15, 0.2) is 17.4 Å². The number of aromatic nitrogens is 4. The van der Waals surface area contributed by atoms with Crippen LogP contribution in [0, 0.1) is 18.7 Å². The van der Waals surface area contributed by atoms with Crippen LogP contribution in [0.5, 0.6) is 5.75 Å². The molecule has 0 aliphatic heterocycles. The number of halogens is 1. The van der Waals surface area contributed by atoms with Crippen LogP contribution in [-0.4, -0.2) is 45.7 Å². The lowest BCUT2D eigenvalue weighted by Crippen LogP contribution is -2.25. The fraction of sp³-hybridized carbons (Fsp3) is 0.500. The van der Waals surface area contributed by atoms with Crippen molar-refractivity contribution in [2.24, 2.45) is 5.92 Å². The average Bonchev–Trinajstić information content (AvgIpc) is 3.06. The van der Waals surface area contributed by atoms with Gasteiger partial charge in [0.2, 0.25) is 11.6 Å². The number of hydrogen-bond acceptors (Lipinski definition) is 6. The van der Waals surface area contributed by atoms with E-state index in [1.807, 2.05) is 20.8 Å². The smallest absolute Gasteiger partial charge is 0.220 e. The van der Waals surface area contributed by atoms with Crippen molar-refractivity contribution in [3.63, 3.8) is 0 Å². The van der Waals surface area contributed by atoms with Crippen LogP contribution in [0.2, 0.25) is 0 Å². The molecule has 8 nitrogen and oxygen atoms in total. The van der Waals surface area contributed by atoms with Crippen LogP contribution in [0.4, 0.5) is 10.2 Å². The number of unbranched alkanes of at least 4 members (excludes halogenated alkanes) is 1. The summed E-state index contributed by atoms with van der Waals surface area (Å²) in [5.74, 6) is 1.35. The molecule has 0 unspecified atom stereocenters. The molecule has 2 N–H and O–H groups in total. The van der Waals surface area contributed by atoms with Gasteiger partial charge in [-0.15, -0.1) is 10.2 Å². The summed E-state index contributed by atoms with van der Waals surface area (Å²) in [5, 5.41) is 14.5. The molecule has 9 heteroatoms.